The Balaban J connectivity index is 2.36. The van der Waals surface area contributed by atoms with Gasteiger partial charge < -0.3 is 5.11 Å². The van der Waals surface area contributed by atoms with Crippen molar-refractivity contribution in [2.75, 3.05) is 0 Å². The summed E-state index contributed by atoms with van der Waals surface area (Å²) in [7, 11) is 0. The van der Waals surface area contributed by atoms with Gasteiger partial charge in [-0.25, -0.2) is 4.79 Å². The topological polar surface area (TPSA) is 50.2 Å². The number of hydrogen-bond donors (Lipinski definition) is 1. The van der Waals surface area contributed by atoms with E-state index in [9.17, 15) is 9.90 Å². The minimum atomic E-state index is -0.916. The predicted molar refractivity (Wildman–Crippen MR) is 78.9 cm³/mol. The Hall–Kier alpha value is -2.68. The predicted octanol–water partition coefficient (Wildman–Crippen LogP) is 3.91. The van der Waals surface area contributed by atoms with Crippen LogP contribution in [0.3, 0.4) is 0 Å². The molecule has 1 heterocycles. The van der Waals surface area contributed by atoms with Crippen LogP contribution in [0.2, 0.25) is 0 Å². The van der Waals surface area contributed by atoms with Gasteiger partial charge in [0.15, 0.2) is 0 Å². The van der Waals surface area contributed by atoms with E-state index in [0.717, 1.165) is 27.6 Å². The third-order valence-electron chi connectivity index (χ3n) is 3.34. The quantitative estimate of drug-likeness (QED) is 0.762. The number of fused-ring (bicyclic) bond motifs is 1. The van der Waals surface area contributed by atoms with Crippen LogP contribution in [0.4, 0.5) is 0 Å². The molecule has 0 aliphatic heterocycles. The van der Waals surface area contributed by atoms with Gasteiger partial charge in [0, 0.05) is 11.6 Å². The monoisotopic (exact) mass is 263 g/mol. The van der Waals surface area contributed by atoms with Gasteiger partial charge in [-0.05, 0) is 36.2 Å². The maximum Gasteiger partial charge on any atom is 0.336 e. The van der Waals surface area contributed by atoms with Gasteiger partial charge in [0.2, 0.25) is 0 Å². The highest BCUT2D eigenvalue weighted by Crippen LogP contribution is 2.31. The Labute approximate surface area is 116 Å². The summed E-state index contributed by atoms with van der Waals surface area (Å²) in [6.07, 6.45) is 1.74. The van der Waals surface area contributed by atoms with E-state index in [1.54, 1.807) is 12.3 Å². The van der Waals surface area contributed by atoms with Gasteiger partial charge >= 0.3 is 5.97 Å². The first-order valence-electron chi connectivity index (χ1n) is 6.35. The van der Waals surface area contributed by atoms with Crippen LogP contribution in [0.25, 0.3) is 22.0 Å². The van der Waals surface area contributed by atoms with E-state index in [4.69, 9.17) is 0 Å². The Morgan fingerprint density at radius 2 is 1.90 bits per heavy atom. The maximum atomic E-state index is 11.4. The fourth-order valence-electron chi connectivity index (χ4n) is 2.41. The number of carboxylic acids is 1. The highest BCUT2D eigenvalue weighted by Gasteiger charge is 2.13. The van der Waals surface area contributed by atoms with Crippen molar-refractivity contribution in [1.29, 1.82) is 0 Å². The summed E-state index contributed by atoms with van der Waals surface area (Å²) in [5.41, 5.74) is 3.84. The summed E-state index contributed by atoms with van der Waals surface area (Å²) < 4.78 is 0. The van der Waals surface area contributed by atoms with Gasteiger partial charge in [-0.2, -0.15) is 0 Å². The fourth-order valence-corrected chi connectivity index (χ4v) is 2.41. The number of aromatic nitrogens is 1. The first-order valence-corrected chi connectivity index (χ1v) is 6.35. The van der Waals surface area contributed by atoms with E-state index in [1.807, 2.05) is 49.4 Å². The van der Waals surface area contributed by atoms with Crippen LogP contribution in [0.1, 0.15) is 15.9 Å². The average molecular weight is 263 g/mol. The van der Waals surface area contributed by atoms with Gasteiger partial charge in [-0.3, -0.25) is 4.98 Å². The van der Waals surface area contributed by atoms with Gasteiger partial charge in [0.1, 0.15) is 0 Å². The molecule has 2 aromatic carbocycles. The maximum absolute atomic E-state index is 11.4. The molecule has 0 bridgehead atoms. The second-order valence-electron chi connectivity index (χ2n) is 4.73. The van der Waals surface area contributed by atoms with E-state index >= 15 is 0 Å². The molecular weight excluding hydrogens is 250 g/mol. The van der Waals surface area contributed by atoms with Crippen LogP contribution in [-0.4, -0.2) is 16.1 Å². The number of carboxylic acid groups (broad SMARTS) is 1. The molecule has 98 valence electrons. The largest absolute Gasteiger partial charge is 0.478 e. The first-order chi connectivity index (χ1) is 9.66. The third kappa shape index (κ3) is 2.03. The molecule has 0 saturated heterocycles. The van der Waals surface area contributed by atoms with Crippen LogP contribution >= 0.6 is 0 Å². The summed E-state index contributed by atoms with van der Waals surface area (Å²) in [5, 5.41) is 10.3. The van der Waals surface area contributed by atoms with Crippen molar-refractivity contribution >= 4 is 16.9 Å². The molecule has 1 N–H and O–H groups in total. The second kappa shape index (κ2) is 4.78. The molecule has 0 saturated carbocycles. The summed E-state index contributed by atoms with van der Waals surface area (Å²) >= 11 is 0. The Bertz CT molecular complexity index is 804. The van der Waals surface area contributed by atoms with Crippen molar-refractivity contribution < 1.29 is 9.90 Å². The standard InChI is InChI=1S/C17H13NO2/c1-11-7-8-14(17(19)20)15(10-11)12-4-2-6-16-13(12)5-3-9-18-16/h2-10H,1H3,(H,19,20). The van der Waals surface area contributed by atoms with Crippen molar-refractivity contribution in [1.82, 2.24) is 4.98 Å². The van der Waals surface area contributed by atoms with Crippen LogP contribution < -0.4 is 0 Å². The second-order valence-corrected chi connectivity index (χ2v) is 4.73. The Morgan fingerprint density at radius 3 is 2.70 bits per heavy atom. The van der Waals surface area contributed by atoms with E-state index in [2.05, 4.69) is 4.98 Å². The van der Waals surface area contributed by atoms with Crippen molar-refractivity contribution in [2.45, 2.75) is 6.92 Å². The zero-order chi connectivity index (χ0) is 14.1. The highest BCUT2D eigenvalue weighted by atomic mass is 16.4. The number of pyridine rings is 1. The van der Waals surface area contributed by atoms with Crippen molar-refractivity contribution in [3.8, 4) is 11.1 Å². The summed E-state index contributed by atoms with van der Waals surface area (Å²) in [5.74, 6) is -0.916. The van der Waals surface area contributed by atoms with Crippen molar-refractivity contribution in [2.24, 2.45) is 0 Å². The highest BCUT2D eigenvalue weighted by molar-refractivity contribution is 6.02. The molecule has 0 aliphatic carbocycles. The number of benzene rings is 2. The van der Waals surface area contributed by atoms with E-state index in [-0.39, 0.29) is 0 Å². The molecule has 1 aromatic heterocycles. The molecule has 0 radical (unpaired) electrons. The number of aromatic carboxylic acids is 1. The van der Waals surface area contributed by atoms with Gasteiger partial charge in [0.25, 0.3) is 0 Å². The number of carbonyl (C=O) groups is 1. The Kier molecular flexibility index (Phi) is 2.95. The lowest BCUT2D eigenvalue weighted by Crippen LogP contribution is -2.00. The lowest BCUT2D eigenvalue weighted by Gasteiger charge is -2.10. The van der Waals surface area contributed by atoms with Gasteiger partial charge in [-0.15, -0.1) is 0 Å². The molecule has 0 spiro atoms. The van der Waals surface area contributed by atoms with Gasteiger partial charge in [-0.1, -0.05) is 35.9 Å². The number of rotatable bonds is 2. The van der Waals surface area contributed by atoms with Crippen LogP contribution in [-0.2, 0) is 0 Å². The molecule has 3 heteroatoms. The SMILES string of the molecule is Cc1ccc(C(=O)O)c(-c2cccc3ncccc23)c1. The smallest absolute Gasteiger partial charge is 0.336 e. The van der Waals surface area contributed by atoms with E-state index in [0.29, 0.717) is 5.56 Å². The van der Waals surface area contributed by atoms with E-state index < -0.39 is 5.97 Å². The first kappa shape index (κ1) is 12.4. The minimum Gasteiger partial charge on any atom is -0.478 e. The zero-order valence-corrected chi connectivity index (χ0v) is 11.0. The lowest BCUT2D eigenvalue weighted by molar-refractivity contribution is 0.0698. The van der Waals surface area contributed by atoms with Gasteiger partial charge in [0.05, 0.1) is 11.1 Å². The minimum absolute atomic E-state index is 0.312. The summed E-state index contributed by atoms with van der Waals surface area (Å²) in [6.45, 7) is 1.96. The van der Waals surface area contributed by atoms with Crippen LogP contribution in [0.15, 0.2) is 54.7 Å². The molecule has 20 heavy (non-hydrogen) atoms. The van der Waals surface area contributed by atoms with Crippen molar-refractivity contribution in [3.05, 3.63) is 65.9 Å². The fraction of sp³-hybridized carbons (Fsp3) is 0.0588. The lowest BCUT2D eigenvalue weighted by atomic mass is 9.94. The molecule has 3 rings (SSSR count). The molecule has 3 aromatic rings. The summed E-state index contributed by atoms with van der Waals surface area (Å²) in [4.78, 5) is 15.7. The Morgan fingerprint density at radius 1 is 1.05 bits per heavy atom. The molecule has 3 nitrogen and oxygen atoms in total. The molecular formula is C17H13NO2. The molecule has 0 aliphatic rings. The molecule has 0 fully saturated rings. The van der Waals surface area contributed by atoms with E-state index in [1.165, 1.54) is 0 Å². The van der Waals surface area contributed by atoms with Crippen LogP contribution in [0, 0.1) is 6.92 Å². The van der Waals surface area contributed by atoms with Crippen LogP contribution in [0.5, 0.6) is 0 Å². The summed E-state index contributed by atoms with van der Waals surface area (Å²) in [6, 6.07) is 15.0. The zero-order valence-electron chi connectivity index (χ0n) is 11.0. The number of hydrogen-bond acceptors (Lipinski definition) is 2. The normalized spacial score (nSPS) is 10.7. The molecule has 0 unspecified atom stereocenters. The third-order valence-corrected chi connectivity index (χ3v) is 3.34. The average Bonchev–Trinajstić information content (AvgIpc) is 2.46. The molecule has 0 amide bonds. The van der Waals surface area contributed by atoms with Crippen molar-refractivity contribution in [3.63, 3.8) is 0 Å². The number of nitrogens with zero attached hydrogens (tertiary/aromatic N) is 1. The molecule has 0 atom stereocenters. The number of aryl methyl sites for hydroxylation is 1.